The average molecular weight is 198 g/mol. The zero-order valence-electron chi connectivity index (χ0n) is 10.3. The first kappa shape index (κ1) is 12.0. The van der Waals surface area contributed by atoms with Gasteiger partial charge < -0.3 is 4.74 Å². The Kier molecular flexibility index (Phi) is 4.94. The van der Waals surface area contributed by atoms with Gasteiger partial charge in [0.1, 0.15) is 0 Å². The highest BCUT2D eigenvalue weighted by Crippen LogP contribution is 2.34. The van der Waals surface area contributed by atoms with E-state index in [4.69, 9.17) is 4.74 Å². The molecule has 1 aliphatic carbocycles. The smallest absolute Gasteiger partial charge is 0.0606 e. The molecule has 14 heavy (non-hydrogen) atoms. The molecule has 0 unspecified atom stereocenters. The van der Waals surface area contributed by atoms with E-state index in [0.717, 1.165) is 11.8 Å². The van der Waals surface area contributed by atoms with Gasteiger partial charge in [-0.05, 0) is 51.4 Å². The van der Waals surface area contributed by atoms with Crippen molar-refractivity contribution in [3.63, 3.8) is 0 Å². The molecular formula is C13H26O. The van der Waals surface area contributed by atoms with Gasteiger partial charge in [0, 0.05) is 0 Å². The van der Waals surface area contributed by atoms with Gasteiger partial charge in [-0.25, -0.2) is 0 Å². The van der Waals surface area contributed by atoms with Crippen molar-refractivity contribution in [3.05, 3.63) is 0 Å². The predicted octanol–water partition coefficient (Wildman–Crippen LogP) is 4.02. The van der Waals surface area contributed by atoms with Crippen LogP contribution in [-0.4, -0.2) is 12.2 Å². The molecule has 0 aromatic rings. The largest absolute Gasteiger partial charge is 0.375 e. The van der Waals surface area contributed by atoms with E-state index >= 15 is 0 Å². The molecule has 0 spiro atoms. The van der Waals surface area contributed by atoms with Gasteiger partial charge in [0.15, 0.2) is 0 Å². The quantitative estimate of drug-likeness (QED) is 0.626. The summed E-state index contributed by atoms with van der Waals surface area (Å²) in [6.07, 6.45) is 7.74. The number of hydrogen-bond donors (Lipinski definition) is 0. The van der Waals surface area contributed by atoms with Gasteiger partial charge in [0.2, 0.25) is 0 Å². The summed E-state index contributed by atoms with van der Waals surface area (Å²) in [5, 5.41) is 0. The summed E-state index contributed by atoms with van der Waals surface area (Å²) >= 11 is 0. The summed E-state index contributed by atoms with van der Waals surface area (Å²) in [6, 6.07) is 0. The van der Waals surface area contributed by atoms with Gasteiger partial charge >= 0.3 is 0 Å². The van der Waals surface area contributed by atoms with E-state index < -0.39 is 0 Å². The first-order valence-corrected chi connectivity index (χ1v) is 6.25. The fourth-order valence-electron chi connectivity index (χ4n) is 2.07. The maximum Gasteiger partial charge on any atom is 0.0606 e. The van der Waals surface area contributed by atoms with Gasteiger partial charge in [0.25, 0.3) is 0 Å². The van der Waals surface area contributed by atoms with E-state index in [1.165, 1.54) is 32.1 Å². The minimum atomic E-state index is 0.396. The lowest BCUT2D eigenvalue weighted by atomic mass is 9.79. The van der Waals surface area contributed by atoms with Crippen LogP contribution in [0.15, 0.2) is 0 Å². The Labute approximate surface area is 89.2 Å². The standard InChI is InChI=1S/C13H26O/c1-10(2)8-9-13(14-11(3)4)12-6-5-7-12/h10-13H,5-9H2,1-4H3/t13-/m1/s1. The molecule has 0 aromatic carbocycles. The molecule has 84 valence electrons. The SMILES string of the molecule is CC(C)CC[C@@H](OC(C)C)C1CCC1. The van der Waals surface area contributed by atoms with E-state index in [1.54, 1.807) is 0 Å². The van der Waals surface area contributed by atoms with Gasteiger partial charge in [-0.2, -0.15) is 0 Å². The molecular weight excluding hydrogens is 172 g/mol. The Morgan fingerprint density at radius 1 is 1.07 bits per heavy atom. The van der Waals surface area contributed by atoms with Gasteiger partial charge in [-0.3, -0.25) is 0 Å². The van der Waals surface area contributed by atoms with Crippen LogP contribution in [-0.2, 0) is 4.74 Å². The highest BCUT2D eigenvalue weighted by Gasteiger charge is 2.28. The molecule has 1 heteroatoms. The van der Waals surface area contributed by atoms with Crippen LogP contribution in [0.3, 0.4) is 0 Å². The van der Waals surface area contributed by atoms with Crippen LogP contribution < -0.4 is 0 Å². The fraction of sp³-hybridized carbons (Fsp3) is 1.00. The van der Waals surface area contributed by atoms with Crippen LogP contribution in [0, 0.1) is 11.8 Å². The average Bonchev–Trinajstić information content (AvgIpc) is 1.95. The minimum absolute atomic E-state index is 0.396. The predicted molar refractivity (Wildman–Crippen MR) is 61.4 cm³/mol. The maximum absolute atomic E-state index is 6.00. The zero-order chi connectivity index (χ0) is 10.6. The molecule has 1 nitrogen and oxygen atoms in total. The van der Waals surface area contributed by atoms with Crippen molar-refractivity contribution in [3.8, 4) is 0 Å². The molecule has 1 rings (SSSR count). The normalized spacial score (nSPS) is 20.1. The van der Waals surface area contributed by atoms with Crippen molar-refractivity contribution < 1.29 is 4.74 Å². The Morgan fingerprint density at radius 3 is 2.07 bits per heavy atom. The van der Waals surface area contributed by atoms with Crippen LogP contribution in [0.25, 0.3) is 0 Å². The molecule has 0 radical (unpaired) electrons. The second-order valence-corrected chi connectivity index (χ2v) is 5.39. The lowest BCUT2D eigenvalue weighted by Gasteiger charge is -2.35. The summed E-state index contributed by atoms with van der Waals surface area (Å²) in [4.78, 5) is 0. The van der Waals surface area contributed by atoms with Crippen molar-refractivity contribution in [2.45, 2.75) is 72.0 Å². The molecule has 1 aliphatic rings. The summed E-state index contributed by atoms with van der Waals surface area (Å²) in [6.45, 7) is 8.91. The lowest BCUT2D eigenvalue weighted by molar-refractivity contribution is -0.0531. The Bertz CT molecular complexity index is 147. The number of rotatable bonds is 6. The third-order valence-corrected chi connectivity index (χ3v) is 3.15. The molecule has 1 atom stereocenters. The van der Waals surface area contributed by atoms with Crippen molar-refractivity contribution in [1.82, 2.24) is 0 Å². The van der Waals surface area contributed by atoms with Crippen LogP contribution in [0.1, 0.15) is 59.8 Å². The van der Waals surface area contributed by atoms with Crippen molar-refractivity contribution in [1.29, 1.82) is 0 Å². The second-order valence-electron chi connectivity index (χ2n) is 5.39. The third kappa shape index (κ3) is 4.00. The van der Waals surface area contributed by atoms with Crippen LogP contribution in [0.4, 0.5) is 0 Å². The molecule has 0 amide bonds. The number of hydrogen-bond acceptors (Lipinski definition) is 1. The van der Waals surface area contributed by atoms with E-state index in [9.17, 15) is 0 Å². The summed E-state index contributed by atoms with van der Waals surface area (Å²) in [7, 11) is 0. The van der Waals surface area contributed by atoms with Gasteiger partial charge in [-0.1, -0.05) is 20.3 Å². The first-order valence-electron chi connectivity index (χ1n) is 6.25. The molecule has 0 saturated heterocycles. The molecule has 0 heterocycles. The second kappa shape index (κ2) is 5.75. The van der Waals surface area contributed by atoms with Crippen LogP contribution >= 0.6 is 0 Å². The Morgan fingerprint density at radius 2 is 1.71 bits per heavy atom. The molecule has 0 aliphatic heterocycles. The van der Waals surface area contributed by atoms with Gasteiger partial charge in [0.05, 0.1) is 12.2 Å². The minimum Gasteiger partial charge on any atom is -0.375 e. The van der Waals surface area contributed by atoms with Gasteiger partial charge in [-0.15, -0.1) is 0 Å². The highest BCUT2D eigenvalue weighted by atomic mass is 16.5. The topological polar surface area (TPSA) is 9.23 Å². The number of ether oxygens (including phenoxy) is 1. The lowest BCUT2D eigenvalue weighted by Crippen LogP contribution is -2.31. The molecule has 0 bridgehead atoms. The van der Waals surface area contributed by atoms with Crippen LogP contribution in [0.2, 0.25) is 0 Å². The summed E-state index contributed by atoms with van der Waals surface area (Å²) < 4.78 is 6.00. The van der Waals surface area contributed by atoms with Crippen molar-refractivity contribution in [2.24, 2.45) is 11.8 Å². The molecule has 0 N–H and O–H groups in total. The monoisotopic (exact) mass is 198 g/mol. The van der Waals surface area contributed by atoms with Crippen molar-refractivity contribution >= 4 is 0 Å². The van der Waals surface area contributed by atoms with Crippen LogP contribution in [0.5, 0.6) is 0 Å². The zero-order valence-corrected chi connectivity index (χ0v) is 10.3. The maximum atomic E-state index is 6.00. The summed E-state index contributed by atoms with van der Waals surface area (Å²) in [5.41, 5.74) is 0. The molecule has 1 fully saturated rings. The van der Waals surface area contributed by atoms with E-state index in [2.05, 4.69) is 27.7 Å². The first-order chi connectivity index (χ1) is 6.59. The van der Waals surface area contributed by atoms with E-state index in [0.29, 0.717) is 12.2 Å². The van der Waals surface area contributed by atoms with Crippen molar-refractivity contribution in [2.75, 3.05) is 0 Å². The molecule has 1 saturated carbocycles. The Hall–Kier alpha value is -0.0400. The summed E-state index contributed by atoms with van der Waals surface area (Å²) in [5.74, 6) is 1.68. The third-order valence-electron chi connectivity index (χ3n) is 3.15. The Balaban J connectivity index is 2.28. The van der Waals surface area contributed by atoms with E-state index in [-0.39, 0.29) is 0 Å². The fourth-order valence-corrected chi connectivity index (χ4v) is 2.07. The molecule has 0 aromatic heterocycles. The van der Waals surface area contributed by atoms with E-state index in [1.807, 2.05) is 0 Å². The highest BCUT2D eigenvalue weighted by molar-refractivity contribution is 4.79.